The Balaban J connectivity index is 3.17. The second kappa shape index (κ2) is 3.36. The maximum Gasteiger partial charge on any atom is 0.176 e. The van der Waals surface area contributed by atoms with Crippen molar-refractivity contribution in [1.29, 1.82) is 10.5 Å². The molecule has 0 radical (unpaired) electrons. The summed E-state index contributed by atoms with van der Waals surface area (Å²) in [5.74, 6) is 0. The molecule has 1 aromatic rings. The van der Waals surface area contributed by atoms with Gasteiger partial charge >= 0.3 is 0 Å². The number of nitriles is 2. The predicted octanol–water partition coefficient (Wildman–Crippen LogP) is 0.812. The van der Waals surface area contributed by atoms with Crippen LogP contribution in [-0.4, -0.2) is 9.55 Å². The van der Waals surface area contributed by atoms with Crippen LogP contribution in [0, 0.1) is 22.7 Å². The number of hydrogen-bond acceptors (Lipinski definition) is 3. The van der Waals surface area contributed by atoms with Gasteiger partial charge in [0, 0.05) is 6.54 Å². The van der Waals surface area contributed by atoms with Gasteiger partial charge in [0.25, 0.3) is 0 Å². The largest absolute Gasteiger partial charge is 0.317 e. The van der Waals surface area contributed by atoms with Crippen LogP contribution in [0.4, 0.5) is 0 Å². The first-order chi connectivity index (χ1) is 5.83. The summed E-state index contributed by atoms with van der Waals surface area (Å²) in [5, 5.41) is 17.2. The summed E-state index contributed by atoms with van der Waals surface area (Å²) < 4.78 is 1.57. The molecular weight excluding hydrogens is 152 g/mol. The third-order valence-electron chi connectivity index (χ3n) is 1.38. The number of rotatable bonds is 2. The van der Waals surface area contributed by atoms with E-state index in [2.05, 4.69) is 11.6 Å². The van der Waals surface area contributed by atoms with Crippen LogP contribution in [0.5, 0.6) is 0 Å². The summed E-state index contributed by atoms with van der Waals surface area (Å²) in [4.78, 5) is 3.76. The third-order valence-corrected chi connectivity index (χ3v) is 1.38. The van der Waals surface area contributed by atoms with Crippen molar-refractivity contribution in [3.05, 3.63) is 30.4 Å². The molecule has 0 unspecified atom stereocenters. The van der Waals surface area contributed by atoms with Crippen LogP contribution >= 0.6 is 0 Å². The van der Waals surface area contributed by atoms with E-state index in [0.717, 1.165) is 0 Å². The van der Waals surface area contributed by atoms with E-state index in [4.69, 9.17) is 10.5 Å². The Labute approximate surface area is 70.0 Å². The van der Waals surface area contributed by atoms with Gasteiger partial charge < -0.3 is 4.57 Å². The minimum atomic E-state index is 0.166. The van der Waals surface area contributed by atoms with Crippen LogP contribution < -0.4 is 0 Å². The molecule has 4 nitrogen and oxygen atoms in total. The highest BCUT2D eigenvalue weighted by Gasteiger charge is 2.07. The average Bonchev–Trinajstić information content (AvgIpc) is 2.47. The molecule has 1 rings (SSSR count). The van der Waals surface area contributed by atoms with Gasteiger partial charge in [-0.15, -0.1) is 6.58 Å². The number of imidazole rings is 1. The fraction of sp³-hybridized carbons (Fsp3) is 0.125. The molecule has 12 heavy (non-hydrogen) atoms. The monoisotopic (exact) mass is 158 g/mol. The van der Waals surface area contributed by atoms with Gasteiger partial charge in [-0.1, -0.05) is 6.08 Å². The smallest absolute Gasteiger partial charge is 0.176 e. The fourth-order valence-corrected chi connectivity index (χ4v) is 0.859. The van der Waals surface area contributed by atoms with Crippen LogP contribution in [0.3, 0.4) is 0 Å². The minimum absolute atomic E-state index is 0.166. The summed E-state index contributed by atoms with van der Waals surface area (Å²) in [7, 11) is 0. The Hall–Kier alpha value is -2.07. The summed E-state index contributed by atoms with van der Waals surface area (Å²) in [6, 6.07) is 3.75. The number of aromatic nitrogens is 2. The van der Waals surface area contributed by atoms with Gasteiger partial charge in [-0.25, -0.2) is 4.98 Å². The molecule has 0 fully saturated rings. The van der Waals surface area contributed by atoms with Crippen molar-refractivity contribution in [3.8, 4) is 12.1 Å². The van der Waals surface area contributed by atoms with Crippen molar-refractivity contribution < 1.29 is 0 Å². The topological polar surface area (TPSA) is 65.4 Å². The summed E-state index contributed by atoms with van der Waals surface area (Å²) >= 11 is 0. The molecule has 0 aliphatic heterocycles. The highest BCUT2D eigenvalue weighted by Crippen LogP contribution is 2.04. The van der Waals surface area contributed by atoms with Crippen LogP contribution in [0.1, 0.15) is 11.4 Å². The van der Waals surface area contributed by atoms with E-state index in [9.17, 15) is 0 Å². The molecular formula is C8H6N4. The van der Waals surface area contributed by atoms with E-state index in [1.54, 1.807) is 10.6 Å². The summed E-state index contributed by atoms with van der Waals surface area (Å²) in [5.41, 5.74) is 0.455. The van der Waals surface area contributed by atoms with E-state index in [-0.39, 0.29) is 11.4 Å². The minimum Gasteiger partial charge on any atom is -0.317 e. The molecule has 0 spiro atoms. The quantitative estimate of drug-likeness (QED) is 0.598. The highest BCUT2D eigenvalue weighted by atomic mass is 15.0. The van der Waals surface area contributed by atoms with E-state index in [1.807, 2.05) is 12.1 Å². The molecule has 1 heterocycles. The van der Waals surface area contributed by atoms with Crippen LogP contribution in [0.2, 0.25) is 0 Å². The van der Waals surface area contributed by atoms with E-state index in [0.29, 0.717) is 6.54 Å². The van der Waals surface area contributed by atoms with Gasteiger partial charge in [0.2, 0.25) is 0 Å². The first kappa shape index (κ1) is 8.03. The molecule has 58 valence electrons. The lowest BCUT2D eigenvalue weighted by Crippen LogP contribution is -1.96. The lowest BCUT2D eigenvalue weighted by atomic mass is 10.3. The number of allylic oxidation sites excluding steroid dienone is 1. The van der Waals surface area contributed by atoms with Crippen molar-refractivity contribution in [2.24, 2.45) is 0 Å². The Morgan fingerprint density at radius 3 is 2.83 bits per heavy atom. The van der Waals surface area contributed by atoms with Gasteiger partial charge in [-0.3, -0.25) is 0 Å². The molecule has 0 aliphatic carbocycles. The van der Waals surface area contributed by atoms with Crippen LogP contribution in [-0.2, 0) is 6.54 Å². The Morgan fingerprint density at radius 1 is 1.58 bits per heavy atom. The molecule has 0 atom stereocenters. The zero-order chi connectivity index (χ0) is 8.97. The Kier molecular flexibility index (Phi) is 2.25. The molecule has 0 bridgehead atoms. The molecule has 0 N–H and O–H groups in total. The normalized spacial score (nSPS) is 8.50. The van der Waals surface area contributed by atoms with Gasteiger partial charge in [-0.2, -0.15) is 10.5 Å². The van der Waals surface area contributed by atoms with Crippen LogP contribution in [0.15, 0.2) is 19.0 Å². The van der Waals surface area contributed by atoms with Gasteiger partial charge in [0.15, 0.2) is 11.4 Å². The molecule has 0 aromatic carbocycles. The van der Waals surface area contributed by atoms with Crippen molar-refractivity contribution in [3.63, 3.8) is 0 Å². The standard InChI is InChI=1S/C8H6N4/c1-2-3-12-6-11-7(4-9)8(12)5-10/h2,6H,1,3H2. The Morgan fingerprint density at radius 2 is 2.33 bits per heavy atom. The van der Waals surface area contributed by atoms with Gasteiger partial charge in [-0.05, 0) is 0 Å². The molecule has 4 heteroatoms. The second-order valence-corrected chi connectivity index (χ2v) is 2.11. The lowest BCUT2D eigenvalue weighted by molar-refractivity contribution is 0.809. The number of nitrogens with zero attached hydrogens (tertiary/aromatic N) is 4. The zero-order valence-electron chi connectivity index (χ0n) is 6.36. The fourth-order valence-electron chi connectivity index (χ4n) is 0.859. The first-order valence-electron chi connectivity index (χ1n) is 3.29. The summed E-state index contributed by atoms with van der Waals surface area (Å²) in [6.45, 7) is 4.02. The average molecular weight is 158 g/mol. The Bertz CT molecular complexity index is 375. The summed E-state index contributed by atoms with van der Waals surface area (Å²) in [6.07, 6.45) is 3.10. The zero-order valence-corrected chi connectivity index (χ0v) is 6.36. The van der Waals surface area contributed by atoms with E-state index >= 15 is 0 Å². The van der Waals surface area contributed by atoms with Crippen molar-refractivity contribution in [1.82, 2.24) is 9.55 Å². The molecule has 1 aromatic heterocycles. The van der Waals surface area contributed by atoms with Crippen molar-refractivity contribution >= 4 is 0 Å². The highest BCUT2D eigenvalue weighted by molar-refractivity contribution is 5.36. The number of hydrogen-bond donors (Lipinski definition) is 0. The third kappa shape index (κ3) is 1.18. The first-order valence-corrected chi connectivity index (χ1v) is 3.29. The SMILES string of the molecule is C=CCn1cnc(C#N)c1C#N. The molecule has 0 saturated carbocycles. The molecule has 0 aliphatic rings. The van der Waals surface area contributed by atoms with Gasteiger partial charge in [0.1, 0.15) is 12.1 Å². The van der Waals surface area contributed by atoms with E-state index in [1.165, 1.54) is 6.33 Å². The molecule has 0 saturated heterocycles. The maximum absolute atomic E-state index is 8.65. The lowest BCUT2D eigenvalue weighted by Gasteiger charge is -1.95. The van der Waals surface area contributed by atoms with Crippen LogP contribution in [0.25, 0.3) is 0 Å². The van der Waals surface area contributed by atoms with Crippen molar-refractivity contribution in [2.75, 3.05) is 0 Å². The van der Waals surface area contributed by atoms with E-state index < -0.39 is 0 Å². The van der Waals surface area contributed by atoms with Gasteiger partial charge in [0.05, 0.1) is 6.33 Å². The molecule has 0 amide bonds. The van der Waals surface area contributed by atoms with Crippen molar-refractivity contribution in [2.45, 2.75) is 6.54 Å². The predicted molar refractivity (Wildman–Crippen MR) is 41.9 cm³/mol. The maximum atomic E-state index is 8.65. The second-order valence-electron chi connectivity index (χ2n) is 2.11.